The number of amides is 1. The number of thiazole rings is 1. The van der Waals surface area contributed by atoms with Gasteiger partial charge in [-0.3, -0.25) is 14.3 Å². The van der Waals surface area contributed by atoms with Gasteiger partial charge in [-0.15, -0.1) is 11.3 Å². The van der Waals surface area contributed by atoms with Crippen LogP contribution in [0.1, 0.15) is 31.2 Å². The fourth-order valence-corrected chi connectivity index (χ4v) is 2.52. The number of hydrogen-bond acceptors (Lipinski definition) is 3. The van der Waals surface area contributed by atoms with E-state index in [1.54, 1.807) is 33.9 Å². The predicted octanol–water partition coefficient (Wildman–Crippen LogP) is 3.73. The second kappa shape index (κ2) is 5.92. The Kier molecular flexibility index (Phi) is 4.48. The third kappa shape index (κ3) is 4.07. The Labute approximate surface area is 135 Å². The highest BCUT2D eigenvalue weighted by Crippen LogP contribution is 2.29. The third-order valence-electron chi connectivity index (χ3n) is 2.94. The van der Waals surface area contributed by atoms with E-state index in [2.05, 4.69) is 9.98 Å². The van der Waals surface area contributed by atoms with Crippen LogP contribution in [0.15, 0.2) is 29.6 Å². The molecular weight excluding hydrogens is 327 g/mol. The first-order chi connectivity index (χ1) is 10.5. The molecule has 0 spiro atoms. The Balaban J connectivity index is 2.58. The van der Waals surface area contributed by atoms with E-state index in [0.717, 1.165) is 17.1 Å². The molecule has 0 aliphatic rings. The summed E-state index contributed by atoms with van der Waals surface area (Å²) in [4.78, 5) is 20.9. The summed E-state index contributed by atoms with van der Waals surface area (Å²) in [6, 6.07) is 0.986. The number of carbonyl (C=O) groups is 1. The van der Waals surface area contributed by atoms with Crippen LogP contribution in [0, 0.1) is 12.3 Å². The molecule has 0 unspecified atom stereocenters. The summed E-state index contributed by atoms with van der Waals surface area (Å²) < 4.78 is 39.9. The van der Waals surface area contributed by atoms with E-state index < -0.39 is 17.2 Å². The zero-order valence-corrected chi connectivity index (χ0v) is 13.9. The Morgan fingerprint density at radius 3 is 2.48 bits per heavy atom. The minimum absolute atomic E-state index is 0.213. The average Bonchev–Trinajstić information content (AvgIpc) is 2.78. The molecule has 23 heavy (non-hydrogen) atoms. The molecule has 0 saturated heterocycles. The van der Waals surface area contributed by atoms with Crippen molar-refractivity contribution in [1.82, 2.24) is 9.55 Å². The topological polar surface area (TPSA) is 47.2 Å². The fraction of sp³-hybridized carbons (Fsp3) is 0.400. The molecule has 1 amide bonds. The lowest BCUT2D eigenvalue weighted by Crippen LogP contribution is -2.23. The van der Waals surface area contributed by atoms with E-state index in [1.807, 2.05) is 0 Å². The first kappa shape index (κ1) is 17.4. The van der Waals surface area contributed by atoms with Gasteiger partial charge in [-0.05, 0) is 13.0 Å². The van der Waals surface area contributed by atoms with Gasteiger partial charge in [0.25, 0.3) is 5.91 Å². The van der Waals surface area contributed by atoms with Crippen LogP contribution >= 0.6 is 11.3 Å². The number of aromatic nitrogens is 2. The van der Waals surface area contributed by atoms with Gasteiger partial charge in [0.2, 0.25) is 0 Å². The lowest BCUT2D eigenvalue weighted by atomic mass is 9.96. The van der Waals surface area contributed by atoms with Crippen molar-refractivity contribution < 1.29 is 18.0 Å². The lowest BCUT2D eigenvalue weighted by Gasteiger charge is -2.12. The fourth-order valence-electron chi connectivity index (χ4n) is 1.69. The Morgan fingerprint density at radius 2 is 1.91 bits per heavy atom. The molecule has 0 bridgehead atoms. The molecule has 0 aliphatic heterocycles. The van der Waals surface area contributed by atoms with Crippen LogP contribution in [-0.2, 0) is 11.0 Å². The summed E-state index contributed by atoms with van der Waals surface area (Å²) in [6.45, 7) is 6.99. The van der Waals surface area contributed by atoms with Crippen LogP contribution in [0.25, 0.3) is 5.69 Å². The highest BCUT2D eigenvalue weighted by molar-refractivity contribution is 7.09. The lowest BCUT2D eigenvalue weighted by molar-refractivity contribution is -0.137. The minimum atomic E-state index is -4.48. The number of aryl methyl sites for hydroxylation is 1. The number of halogens is 3. The van der Waals surface area contributed by atoms with Gasteiger partial charge >= 0.3 is 6.18 Å². The Hall–Kier alpha value is -1.96. The molecule has 0 saturated carbocycles. The molecule has 124 valence electrons. The molecule has 4 nitrogen and oxygen atoms in total. The quantitative estimate of drug-likeness (QED) is 0.792. The second-order valence-corrected chi connectivity index (χ2v) is 7.30. The molecule has 0 atom stereocenters. The Morgan fingerprint density at radius 1 is 1.26 bits per heavy atom. The molecule has 0 N–H and O–H groups in total. The zero-order chi connectivity index (χ0) is 17.4. The van der Waals surface area contributed by atoms with E-state index in [-0.39, 0.29) is 11.6 Å². The average molecular weight is 343 g/mol. The SMILES string of the molecule is Cc1cn(-c2cncc(C(F)(F)F)c2)c(=NC(=O)C(C)(C)C)s1. The van der Waals surface area contributed by atoms with Crippen molar-refractivity contribution in [2.45, 2.75) is 33.9 Å². The first-order valence-electron chi connectivity index (χ1n) is 6.79. The predicted molar refractivity (Wildman–Crippen MR) is 81.2 cm³/mol. The van der Waals surface area contributed by atoms with Crippen LogP contribution in [0.4, 0.5) is 13.2 Å². The Bertz CT molecular complexity index is 797. The van der Waals surface area contributed by atoms with Gasteiger partial charge in [0, 0.05) is 22.7 Å². The van der Waals surface area contributed by atoms with Crippen LogP contribution in [0.5, 0.6) is 0 Å². The van der Waals surface area contributed by atoms with E-state index >= 15 is 0 Å². The van der Waals surface area contributed by atoms with Crippen molar-refractivity contribution in [2.24, 2.45) is 10.4 Å². The molecule has 0 aliphatic carbocycles. The van der Waals surface area contributed by atoms with Crippen molar-refractivity contribution >= 4 is 17.2 Å². The van der Waals surface area contributed by atoms with Crippen molar-refractivity contribution in [3.05, 3.63) is 39.9 Å². The van der Waals surface area contributed by atoms with Gasteiger partial charge in [0.05, 0.1) is 17.4 Å². The smallest absolute Gasteiger partial charge is 0.291 e. The van der Waals surface area contributed by atoms with E-state index in [9.17, 15) is 18.0 Å². The number of carbonyl (C=O) groups excluding carboxylic acids is 1. The molecule has 0 radical (unpaired) electrons. The van der Waals surface area contributed by atoms with Gasteiger partial charge < -0.3 is 0 Å². The van der Waals surface area contributed by atoms with Crippen LogP contribution in [-0.4, -0.2) is 15.5 Å². The maximum absolute atomic E-state index is 12.8. The molecule has 2 heterocycles. The maximum Gasteiger partial charge on any atom is 0.417 e. The summed E-state index contributed by atoms with van der Waals surface area (Å²) in [5.74, 6) is -0.340. The van der Waals surface area contributed by atoms with Gasteiger partial charge in [-0.25, -0.2) is 0 Å². The van der Waals surface area contributed by atoms with Gasteiger partial charge in [0.1, 0.15) is 0 Å². The summed E-state index contributed by atoms with van der Waals surface area (Å²) in [5, 5.41) is 0. The normalized spacial score (nSPS) is 13.4. The van der Waals surface area contributed by atoms with E-state index in [4.69, 9.17) is 0 Å². The van der Waals surface area contributed by atoms with E-state index in [1.165, 1.54) is 22.1 Å². The third-order valence-corrected chi connectivity index (χ3v) is 3.84. The molecule has 0 aromatic carbocycles. The monoisotopic (exact) mass is 343 g/mol. The molecule has 2 aromatic rings. The molecule has 8 heteroatoms. The van der Waals surface area contributed by atoms with Crippen LogP contribution < -0.4 is 4.80 Å². The summed E-state index contributed by atoms with van der Waals surface area (Å²) in [7, 11) is 0. The minimum Gasteiger partial charge on any atom is -0.291 e. The van der Waals surface area contributed by atoms with Crippen LogP contribution in [0.2, 0.25) is 0 Å². The molecular formula is C15H16F3N3OS. The van der Waals surface area contributed by atoms with Crippen molar-refractivity contribution in [3.63, 3.8) is 0 Å². The summed E-state index contributed by atoms with van der Waals surface area (Å²) >= 11 is 1.23. The standard InChI is InChI=1S/C15H16F3N3OS/c1-9-8-21(13(23-9)20-12(22)14(2,3)4)11-5-10(6-19-7-11)15(16,17)18/h5-8H,1-4H3. The number of nitrogens with zero attached hydrogens (tertiary/aromatic N) is 3. The number of hydrogen-bond donors (Lipinski definition) is 0. The highest BCUT2D eigenvalue weighted by atomic mass is 32.1. The largest absolute Gasteiger partial charge is 0.417 e. The van der Waals surface area contributed by atoms with Gasteiger partial charge in [-0.2, -0.15) is 18.2 Å². The second-order valence-electron chi connectivity index (χ2n) is 6.09. The molecule has 2 rings (SSSR count). The van der Waals surface area contributed by atoms with Crippen molar-refractivity contribution in [2.75, 3.05) is 0 Å². The summed E-state index contributed by atoms with van der Waals surface area (Å²) in [5.41, 5.74) is -1.30. The van der Waals surface area contributed by atoms with Crippen molar-refractivity contribution in [1.29, 1.82) is 0 Å². The maximum atomic E-state index is 12.8. The molecule has 0 fully saturated rings. The van der Waals surface area contributed by atoms with Crippen LogP contribution in [0.3, 0.4) is 0 Å². The molecule has 2 aromatic heterocycles. The highest BCUT2D eigenvalue weighted by Gasteiger charge is 2.31. The summed E-state index contributed by atoms with van der Waals surface area (Å²) in [6.07, 6.45) is -0.772. The van der Waals surface area contributed by atoms with Gasteiger partial charge in [0.15, 0.2) is 4.80 Å². The van der Waals surface area contributed by atoms with Gasteiger partial charge in [-0.1, -0.05) is 20.8 Å². The first-order valence-corrected chi connectivity index (χ1v) is 7.61. The van der Waals surface area contributed by atoms with E-state index in [0.29, 0.717) is 4.80 Å². The number of rotatable bonds is 1. The number of pyridine rings is 1. The number of alkyl halides is 3. The van der Waals surface area contributed by atoms with Crippen molar-refractivity contribution in [3.8, 4) is 5.69 Å². The zero-order valence-electron chi connectivity index (χ0n) is 13.1.